The van der Waals surface area contributed by atoms with E-state index >= 15 is 0 Å². The first-order valence-electron chi connectivity index (χ1n) is 6.01. The minimum absolute atomic E-state index is 0.0447. The van der Waals surface area contributed by atoms with E-state index in [-0.39, 0.29) is 15.4 Å². The van der Waals surface area contributed by atoms with Crippen molar-refractivity contribution in [3.8, 4) is 0 Å². The molecule has 1 aromatic carbocycles. The molecule has 3 rings (SSSR count). The number of hydrogen-bond donors (Lipinski definition) is 1. The van der Waals surface area contributed by atoms with E-state index in [1.807, 2.05) is 0 Å². The molecule has 0 atom stereocenters. The molecule has 7 heteroatoms. The average molecular weight is 302 g/mol. The number of benzene rings is 1. The summed E-state index contributed by atoms with van der Waals surface area (Å²) in [6.45, 7) is 0. The largest absolute Gasteiger partial charge is 0.464 e. The molecule has 0 aliphatic carbocycles. The third-order valence-corrected chi connectivity index (χ3v) is 4.83. The van der Waals surface area contributed by atoms with E-state index in [9.17, 15) is 18.3 Å². The van der Waals surface area contributed by atoms with Gasteiger partial charge in [-0.1, -0.05) is 18.2 Å². The van der Waals surface area contributed by atoms with E-state index in [4.69, 9.17) is 0 Å². The average Bonchev–Trinajstić information content (AvgIpc) is 2.88. The van der Waals surface area contributed by atoms with Gasteiger partial charge < -0.3 is 5.11 Å². The summed E-state index contributed by atoms with van der Waals surface area (Å²) in [5.41, 5.74) is 0.284. The van der Waals surface area contributed by atoms with Gasteiger partial charge in [0.15, 0.2) is 5.03 Å². The fraction of sp³-hybridized carbons (Fsp3) is 0. The second-order valence-corrected chi connectivity index (χ2v) is 6.25. The summed E-state index contributed by atoms with van der Waals surface area (Å²) in [4.78, 5) is 15.4. The van der Waals surface area contributed by atoms with Gasteiger partial charge in [0.2, 0.25) is 9.84 Å². The zero-order valence-corrected chi connectivity index (χ0v) is 11.5. The summed E-state index contributed by atoms with van der Waals surface area (Å²) in [5, 5.41) is 9.51. The Bertz CT molecular complexity index is 930. The van der Waals surface area contributed by atoms with Crippen LogP contribution in [-0.2, 0) is 9.84 Å². The zero-order valence-electron chi connectivity index (χ0n) is 10.7. The maximum absolute atomic E-state index is 12.6. The Kier molecular flexibility index (Phi) is 2.99. The number of hydrogen-bond acceptors (Lipinski definition) is 4. The van der Waals surface area contributed by atoms with Gasteiger partial charge in [0.25, 0.3) is 0 Å². The lowest BCUT2D eigenvalue weighted by Gasteiger charge is -2.06. The van der Waals surface area contributed by atoms with Crippen molar-refractivity contribution >= 4 is 26.8 Å². The van der Waals surface area contributed by atoms with E-state index < -0.39 is 15.9 Å². The Morgan fingerprint density at radius 3 is 2.52 bits per heavy atom. The summed E-state index contributed by atoms with van der Waals surface area (Å²) < 4.78 is 26.0. The van der Waals surface area contributed by atoms with Gasteiger partial charge in [-0.2, -0.15) is 0 Å². The van der Waals surface area contributed by atoms with Crippen LogP contribution in [0.1, 0.15) is 0 Å². The van der Waals surface area contributed by atoms with E-state index in [0.29, 0.717) is 5.39 Å². The fourth-order valence-corrected chi connectivity index (χ4v) is 3.60. The van der Waals surface area contributed by atoms with Crippen molar-refractivity contribution in [2.75, 3.05) is 0 Å². The van der Waals surface area contributed by atoms with Crippen LogP contribution in [0.15, 0.2) is 64.8 Å². The second kappa shape index (κ2) is 4.71. The number of rotatable bonds is 2. The molecule has 0 fully saturated rings. The highest BCUT2D eigenvalue weighted by Crippen LogP contribution is 2.27. The van der Waals surface area contributed by atoms with Gasteiger partial charge >= 0.3 is 6.09 Å². The van der Waals surface area contributed by atoms with Crippen molar-refractivity contribution in [2.45, 2.75) is 9.92 Å². The maximum Gasteiger partial charge on any atom is 0.417 e. The standard InChI is InChI=1S/C14H10N2O4S/c17-14(18)16-12-6-7-15-9-10(12)8-13(16)21(19,20)11-4-2-1-3-5-11/h1-9H,(H,17,18). The van der Waals surface area contributed by atoms with Crippen LogP contribution in [0.4, 0.5) is 4.79 Å². The molecule has 1 N–H and O–H groups in total. The molecule has 2 aromatic heterocycles. The van der Waals surface area contributed by atoms with Gasteiger partial charge in [-0.3, -0.25) is 4.98 Å². The Hall–Kier alpha value is -2.67. The second-order valence-electron chi connectivity index (χ2n) is 4.35. The van der Waals surface area contributed by atoms with Crippen molar-refractivity contribution in [3.63, 3.8) is 0 Å². The highest BCUT2D eigenvalue weighted by molar-refractivity contribution is 7.91. The molecule has 0 aliphatic rings. The number of carbonyl (C=O) groups is 1. The molecule has 0 saturated carbocycles. The number of pyridine rings is 1. The molecule has 0 bridgehead atoms. The topological polar surface area (TPSA) is 89.3 Å². The summed E-state index contributed by atoms with van der Waals surface area (Å²) in [6, 6.07) is 10.5. The Balaban J connectivity index is 2.35. The Morgan fingerprint density at radius 1 is 1.14 bits per heavy atom. The van der Waals surface area contributed by atoms with Crippen LogP contribution < -0.4 is 0 Å². The first-order chi connectivity index (χ1) is 10.0. The number of sulfone groups is 1. The first kappa shape index (κ1) is 13.3. The normalized spacial score (nSPS) is 11.6. The number of carboxylic acid groups (broad SMARTS) is 1. The summed E-state index contributed by atoms with van der Waals surface area (Å²) in [7, 11) is -3.92. The van der Waals surface area contributed by atoms with Crippen molar-refractivity contribution in [1.29, 1.82) is 0 Å². The van der Waals surface area contributed by atoms with Gasteiger partial charge in [-0.25, -0.2) is 17.8 Å². The van der Waals surface area contributed by atoms with Crippen LogP contribution in [0.3, 0.4) is 0 Å². The highest BCUT2D eigenvalue weighted by atomic mass is 32.2. The van der Waals surface area contributed by atoms with Crippen LogP contribution >= 0.6 is 0 Å². The predicted octanol–water partition coefficient (Wildman–Crippen LogP) is 2.40. The smallest absolute Gasteiger partial charge is 0.417 e. The van der Waals surface area contributed by atoms with Crippen LogP contribution in [0.25, 0.3) is 10.9 Å². The highest BCUT2D eigenvalue weighted by Gasteiger charge is 2.26. The molecular formula is C14H10N2O4S. The molecule has 106 valence electrons. The van der Waals surface area contributed by atoms with Crippen molar-refractivity contribution in [2.24, 2.45) is 0 Å². The zero-order chi connectivity index (χ0) is 15.0. The summed E-state index contributed by atoms with van der Waals surface area (Å²) in [5.74, 6) is 0. The molecule has 21 heavy (non-hydrogen) atoms. The Labute approximate surface area is 120 Å². The van der Waals surface area contributed by atoms with Crippen LogP contribution in [0.5, 0.6) is 0 Å². The number of fused-ring (bicyclic) bond motifs is 1. The van der Waals surface area contributed by atoms with Crippen LogP contribution in [-0.4, -0.2) is 29.2 Å². The predicted molar refractivity (Wildman–Crippen MR) is 75.0 cm³/mol. The molecule has 3 aromatic rings. The van der Waals surface area contributed by atoms with E-state index in [1.165, 1.54) is 36.7 Å². The summed E-state index contributed by atoms with van der Waals surface area (Å²) in [6.07, 6.45) is 1.49. The fourth-order valence-electron chi connectivity index (χ4n) is 2.15. The number of nitrogens with zero attached hydrogens (tertiary/aromatic N) is 2. The molecular weight excluding hydrogens is 292 g/mol. The van der Waals surface area contributed by atoms with Crippen LogP contribution in [0, 0.1) is 0 Å². The lowest BCUT2D eigenvalue weighted by Crippen LogP contribution is -2.15. The lowest BCUT2D eigenvalue weighted by molar-refractivity contribution is 0.195. The summed E-state index contributed by atoms with van der Waals surface area (Å²) >= 11 is 0. The van der Waals surface area contributed by atoms with E-state index in [0.717, 1.165) is 4.57 Å². The SMILES string of the molecule is O=C(O)n1c(S(=O)(=O)c2ccccc2)cc2cnccc21. The van der Waals surface area contributed by atoms with Crippen molar-refractivity contribution < 1.29 is 18.3 Å². The monoisotopic (exact) mass is 302 g/mol. The van der Waals surface area contributed by atoms with Crippen molar-refractivity contribution in [1.82, 2.24) is 9.55 Å². The number of aromatic nitrogens is 2. The van der Waals surface area contributed by atoms with E-state index in [1.54, 1.807) is 18.2 Å². The molecule has 0 spiro atoms. The molecule has 0 amide bonds. The van der Waals surface area contributed by atoms with Crippen molar-refractivity contribution in [3.05, 3.63) is 54.9 Å². The van der Waals surface area contributed by atoms with E-state index in [2.05, 4.69) is 4.98 Å². The van der Waals surface area contributed by atoms with Gasteiger partial charge in [-0.05, 0) is 24.3 Å². The molecule has 0 radical (unpaired) electrons. The lowest BCUT2D eigenvalue weighted by atomic mass is 10.3. The molecule has 6 nitrogen and oxygen atoms in total. The molecule has 2 heterocycles. The minimum Gasteiger partial charge on any atom is -0.464 e. The maximum atomic E-state index is 12.6. The third kappa shape index (κ3) is 2.07. The van der Waals surface area contributed by atoms with Crippen LogP contribution in [0.2, 0.25) is 0 Å². The molecule has 0 saturated heterocycles. The quantitative estimate of drug-likeness (QED) is 0.785. The van der Waals surface area contributed by atoms with Gasteiger partial charge in [0.05, 0.1) is 10.4 Å². The third-order valence-electron chi connectivity index (χ3n) is 3.09. The van der Waals surface area contributed by atoms with Gasteiger partial charge in [0.1, 0.15) is 0 Å². The molecule has 0 unspecified atom stereocenters. The van der Waals surface area contributed by atoms with Gasteiger partial charge in [-0.15, -0.1) is 0 Å². The minimum atomic E-state index is -3.92. The Morgan fingerprint density at radius 2 is 1.86 bits per heavy atom. The van der Waals surface area contributed by atoms with Gasteiger partial charge in [0, 0.05) is 17.8 Å². The molecule has 0 aliphatic heterocycles. The first-order valence-corrected chi connectivity index (χ1v) is 7.49.